The molecule has 0 amide bonds. The second-order valence-corrected chi connectivity index (χ2v) is 5.02. The molecule has 2 rings (SSSR count). The van der Waals surface area contributed by atoms with Crippen molar-refractivity contribution in [3.8, 4) is 5.75 Å². The molecule has 0 atom stereocenters. The fourth-order valence-corrected chi connectivity index (χ4v) is 1.88. The monoisotopic (exact) mass is 270 g/mol. The number of carbonyl (C=O) groups is 1. The predicted molar refractivity (Wildman–Crippen MR) is 78.3 cm³/mol. The molecular weight excluding hydrogens is 252 g/mol. The molecule has 20 heavy (non-hydrogen) atoms. The second kappa shape index (κ2) is 6.24. The van der Waals surface area contributed by atoms with Crippen molar-refractivity contribution in [2.24, 2.45) is 0 Å². The Balaban J connectivity index is 2.01. The maximum Gasteiger partial charge on any atom is 0.335 e. The van der Waals surface area contributed by atoms with Gasteiger partial charge in [-0.2, -0.15) is 0 Å². The van der Waals surface area contributed by atoms with Gasteiger partial charge in [0.15, 0.2) is 0 Å². The molecule has 0 aliphatic carbocycles. The van der Waals surface area contributed by atoms with Crippen LogP contribution in [0.2, 0.25) is 0 Å². The summed E-state index contributed by atoms with van der Waals surface area (Å²) in [5.41, 5.74) is 2.59. The van der Waals surface area contributed by atoms with Crippen LogP contribution in [0.5, 0.6) is 5.75 Å². The average molecular weight is 270 g/mol. The molecule has 0 aliphatic rings. The number of hydrogen-bond donors (Lipinski definition) is 1. The molecule has 0 fully saturated rings. The van der Waals surface area contributed by atoms with E-state index >= 15 is 0 Å². The first-order chi connectivity index (χ1) is 9.56. The van der Waals surface area contributed by atoms with Crippen LogP contribution < -0.4 is 4.74 Å². The van der Waals surface area contributed by atoms with E-state index in [9.17, 15) is 4.79 Å². The third kappa shape index (κ3) is 3.60. The quantitative estimate of drug-likeness (QED) is 0.890. The standard InChI is InChI=1S/C17H18O3/c1-12(2)14-8-6-13(7-9-14)11-20-16-5-3-4-15(10-16)17(18)19/h3-10,12H,11H2,1-2H3,(H,18,19). The van der Waals surface area contributed by atoms with Gasteiger partial charge in [0.1, 0.15) is 12.4 Å². The summed E-state index contributed by atoms with van der Waals surface area (Å²) in [5, 5.41) is 8.92. The molecule has 1 N–H and O–H groups in total. The number of carboxylic acids is 1. The summed E-state index contributed by atoms with van der Waals surface area (Å²) in [7, 11) is 0. The Morgan fingerprint density at radius 1 is 1.15 bits per heavy atom. The normalized spacial score (nSPS) is 10.6. The maximum absolute atomic E-state index is 10.9. The van der Waals surface area contributed by atoms with Crippen LogP contribution in [0.15, 0.2) is 48.5 Å². The smallest absolute Gasteiger partial charge is 0.335 e. The van der Waals surface area contributed by atoms with Gasteiger partial charge in [-0.05, 0) is 35.2 Å². The summed E-state index contributed by atoms with van der Waals surface area (Å²) < 4.78 is 5.62. The van der Waals surface area contributed by atoms with Crippen molar-refractivity contribution in [1.82, 2.24) is 0 Å². The fraction of sp³-hybridized carbons (Fsp3) is 0.235. The number of ether oxygens (including phenoxy) is 1. The highest BCUT2D eigenvalue weighted by Gasteiger charge is 2.04. The zero-order chi connectivity index (χ0) is 14.5. The Labute approximate surface area is 118 Å². The molecule has 0 unspecified atom stereocenters. The van der Waals surface area contributed by atoms with Gasteiger partial charge in [0.2, 0.25) is 0 Å². The van der Waals surface area contributed by atoms with Crippen molar-refractivity contribution in [3.63, 3.8) is 0 Å². The Morgan fingerprint density at radius 3 is 2.45 bits per heavy atom. The second-order valence-electron chi connectivity index (χ2n) is 5.02. The minimum absolute atomic E-state index is 0.234. The summed E-state index contributed by atoms with van der Waals surface area (Å²) in [6, 6.07) is 14.8. The van der Waals surface area contributed by atoms with Gasteiger partial charge in [0.25, 0.3) is 0 Å². The van der Waals surface area contributed by atoms with Crippen LogP contribution in [-0.2, 0) is 6.61 Å². The molecular formula is C17H18O3. The molecule has 104 valence electrons. The molecule has 0 spiro atoms. The van der Waals surface area contributed by atoms with Gasteiger partial charge in [-0.15, -0.1) is 0 Å². The van der Waals surface area contributed by atoms with E-state index in [2.05, 4.69) is 26.0 Å². The Morgan fingerprint density at radius 2 is 1.85 bits per heavy atom. The molecule has 2 aromatic carbocycles. The summed E-state index contributed by atoms with van der Waals surface area (Å²) in [6.45, 7) is 4.74. The predicted octanol–water partition coefficient (Wildman–Crippen LogP) is 4.09. The fourth-order valence-electron chi connectivity index (χ4n) is 1.88. The summed E-state index contributed by atoms with van der Waals surface area (Å²) in [5.74, 6) is 0.131. The molecule has 2 aromatic rings. The van der Waals surface area contributed by atoms with Crippen molar-refractivity contribution in [1.29, 1.82) is 0 Å². The van der Waals surface area contributed by atoms with Crippen LogP contribution in [0.4, 0.5) is 0 Å². The van der Waals surface area contributed by atoms with Crippen molar-refractivity contribution in [3.05, 3.63) is 65.2 Å². The summed E-state index contributed by atoms with van der Waals surface area (Å²) >= 11 is 0. The Kier molecular flexibility index (Phi) is 4.41. The van der Waals surface area contributed by atoms with Gasteiger partial charge in [-0.3, -0.25) is 0 Å². The largest absolute Gasteiger partial charge is 0.489 e. The molecule has 3 nitrogen and oxygen atoms in total. The van der Waals surface area contributed by atoms with E-state index in [4.69, 9.17) is 9.84 Å². The van der Waals surface area contributed by atoms with Crippen molar-refractivity contribution < 1.29 is 14.6 Å². The molecule has 0 heterocycles. The van der Waals surface area contributed by atoms with E-state index in [-0.39, 0.29) is 5.56 Å². The van der Waals surface area contributed by atoms with Crippen molar-refractivity contribution in [2.75, 3.05) is 0 Å². The maximum atomic E-state index is 10.9. The lowest BCUT2D eigenvalue weighted by Gasteiger charge is -2.09. The minimum Gasteiger partial charge on any atom is -0.489 e. The van der Waals surface area contributed by atoms with E-state index < -0.39 is 5.97 Å². The first kappa shape index (κ1) is 14.1. The first-order valence-electron chi connectivity index (χ1n) is 6.61. The summed E-state index contributed by atoms with van der Waals surface area (Å²) in [4.78, 5) is 10.9. The highest BCUT2D eigenvalue weighted by Crippen LogP contribution is 2.17. The third-order valence-corrected chi connectivity index (χ3v) is 3.13. The van der Waals surface area contributed by atoms with Crippen LogP contribution in [-0.4, -0.2) is 11.1 Å². The van der Waals surface area contributed by atoms with Crippen LogP contribution >= 0.6 is 0 Å². The van der Waals surface area contributed by atoms with Crippen molar-refractivity contribution in [2.45, 2.75) is 26.4 Å². The number of hydrogen-bond acceptors (Lipinski definition) is 2. The van der Waals surface area contributed by atoms with Crippen LogP contribution in [0.3, 0.4) is 0 Å². The van der Waals surface area contributed by atoms with E-state index in [0.29, 0.717) is 18.3 Å². The minimum atomic E-state index is -0.947. The highest BCUT2D eigenvalue weighted by molar-refractivity contribution is 5.87. The van der Waals surface area contributed by atoms with Crippen LogP contribution in [0.25, 0.3) is 0 Å². The van der Waals surface area contributed by atoms with Gasteiger partial charge >= 0.3 is 5.97 Å². The third-order valence-electron chi connectivity index (χ3n) is 3.13. The highest BCUT2D eigenvalue weighted by atomic mass is 16.5. The number of aromatic carboxylic acids is 1. The van der Waals surface area contributed by atoms with Crippen LogP contribution in [0, 0.1) is 0 Å². The molecule has 0 aromatic heterocycles. The summed E-state index contributed by atoms with van der Waals surface area (Å²) in [6.07, 6.45) is 0. The van der Waals surface area contributed by atoms with Gasteiger partial charge in [0.05, 0.1) is 5.56 Å². The number of rotatable bonds is 5. The molecule has 3 heteroatoms. The lowest BCUT2D eigenvalue weighted by Crippen LogP contribution is -1.99. The molecule has 0 radical (unpaired) electrons. The lowest BCUT2D eigenvalue weighted by molar-refractivity contribution is 0.0696. The average Bonchev–Trinajstić information content (AvgIpc) is 2.46. The van der Waals surface area contributed by atoms with Gasteiger partial charge in [0, 0.05) is 0 Å². The lowest BCUT2D eigenvalue weighted by atomic mass is 10.0. The van der Waals surface area contributed by atoms with E-state index in [0.717, 1.165) is 5.56 Å². The van der Waals surface area contributed by atoms with Gasteiger partial charge in [-0.1, -0.05) is 44.2 Å². The van der Waals surface area contributed by atoms with E-state index in [1.165, 1.54) is 11.6 Å². The van der Waals surface area contributed by atoms with Gasteiger partial charge < -0.3 is 9.84 Å². The SMILES string of the molecule is CC(C)c1ccc(COc2cccc(C(=O)O)c2)cc1. The molecule has 0 saturated carbocycles. The van der Waals surface area contributed by atoms with Crippen LogP contribution in [0.1, 0.15) is 41.3 Å². The molecule has 0 bridgehead atoms. The van der Waals surface area contributed by atoms with E-state index in [1.54, 1.807) is 18.2 Å². The topological polar surface area (TPSA) is 46.5 Å². The zero-order valence-corrected chi connectivity index (χ0v) is 11.7. The van der Waals surface area contributed by atoms with Crippen molar-refractivity contribution >= 4 is 5.97 Å². The van der Waals surface area contributed by atoms with E-state index in [1.807, 2.05) is 12.1 Å². The number of benzene rings is 2. The zero-order valence-electron chi connectivity index (χ0n) is 11.7. The molecule has 0 saturated heterocycles. The first-order valence-corrected chi connectivity index (χ1v) is 6.61. The van der Waals surface area contributed by atoms with Gasteiger partial charge in [-0.25, -0.2) is 4.79 Å². The number of carboxylic acid groups (broad SMARTS) is 1. The Bertz CT molecular complexity index is 585. The Hall–Kier alpha value is -2.29. The molecule has 0 aliphatic heterocycles.